The lowest BCUT2D eigenvalue weighted by molar-refractivity contribution is 0.160. The normalized spacial score (nSPS) is 24.3. The van der Waals surface area contributed by atoms with E-state index >= 15 is 0 Å². The number of benzene rings is 2. The molecular weight excluding hydrogens is 265 g/mol. The topological polar surface area (TPSA) is 35.2 Å². The van der Waals surface area contributed by atoms with Crippen LogP contribution in [0.2, 0.25) is 0 Å². The molecule has 2 nitrogen and oxygen atoms in total. The van der Waals surface area contributed by atoms with Crippen molar-refractivity contribution in [2.75, 3.05) is 0 Å². The van der Waals surface area contributed by atoms with E-state index < -0.39 is 0 Å². The smallest absolute Gasteiger partial charge is 0.127 e. The van der Waals surface area contributed by atoms with E-state index in [4.69, 9.17) is 10.5 Å². The van der Waals surface area contributed by atoms with Crippen LogP contribution in [-0.2, 0) is 0 Å². The summed E-state index contributed by atoms with van der Waals surface area (Å²) in [6.45, 7) is 0. The standard InChI is InChI=1S/C18H18FNO/c19-14-7-8-15-16(20)10-17(21-18(15)9-14)13-5-3-12(4-6-13)11-1-2-11/h3-9,11,16-17H,1-2,10,20H2. The van der Waals surface area contributed by atoms with E-state index in [1.165, 1.54) is 30.5 Å². The number of ether oxygens (including phenoxy) is 1. The largest absolute Gasteiger partial charge is 0.485 e. The molecule has 108 valence electrons. The predicted molar refractivity (Wildman–Crippen MR) is 79.7 cm³/mol. The van der Waals surface area contributed by atoms with Crippen LogP contribution in [-0.4, -0.2) is 0 Å². The van der Waals surface area contributed by atoms with Crippen molar-refractivity contribution in [2.45, 2.75) is 37.3 Å². The molecule has 0 spiro atoms. The van der Waals surface area contributed by atoms with Gasteiger partial charge in [0.05, 0.1) is 0 Å². The maximum absolute atomic E-state index is 13.4. The van der Waals surface area contributed by atoms with E-state index in [9.17, 15) is 4.39 Å². The van der Waals surface area contributed by atoms with Gasteiger partial charge in [-0.1, -0.05) is 30.3 Å². The Balaban J connectivity index is 1.61. The molecule has 2 atom stereocenters. The molecule has 2 aromatic rings. The number of nitrogens with two attached hydrogens (primary N) is 1. The summed E-state index contributed by atoms with van der Waals surface area (Å²) >= 11 is 0. The second kappa shape index (κ2) is 4.85. The van der Waals surface area contributed by atoms with Gasteiger partial charge in [-0.3, -0.25) is 0 Å². The molecule has 3 heteroatoms. The van der Waals surface area contributed by atoms with Crippen molar-refractivity contribution in [1.29, 1.82) is 0 Å². The minimum Gasteiger partial charge on any atom is -0.485 e. The summed E-state index contributed by atoms with van der Waals surface area (Å²) in [6.07, 6.45) is 3.23. The van der Waals surface area contributed by atoms with Gasteiger partial charge in [0.2, 0.25) is 0 Å². The summed E-state index contributed by atoms with van der Waals surface area (Å²) in [4.78, 5) is 0. The van der Waals surface area contributed by atoms with Crippen LogP contribution < -0.4 is 10.5 Å². The minimum absolute atomic E-state index is 0.0949. The second-order valence-corrected chi connectivity index (χ2v) is 6.07. The fraction of sp³-hybridized carbons (Fsp3) is 0.333. The van der Waals surface area contributed by atoms with Crippen molar-refractivity contribution < 1.29 is 9.13 Å². The Labute approximate surface area is 123 Å². The van der Waals surface area contributed by atoms with Crippen molar-refractivity contribution in [1.82, 2.24) is 0 Å². The molecule has 2 aromatic carbocycles. The predicted octanol–water partition coefficient (Wildman–Crippen LogP) is 4.23. The number of hydrogen-bond acceptors (Lipinski definition) is 2. The number of hydrogen-bond donors (Lipinski definition) is 1. The Kier molecular flexibility index (Phi) is 2.96. The molecule has 0 saturated heterocycles. The summed E-state index contributed by atoms with van der Waals surface area (Å²) in [5, 5.41) is 0. The van der Waals surface area contributed by atoms with Crippen molar-refractivity contribution in [3.63, 3.8) is 0 Å². The Hall–Kier alpha value is -1.87. The van der Waals surface area contributed by atoms with Crippen LogP contribution in [0.1, 0.15) is 54.0 Å². The van der Waals surface area contributed by atoms with Crippen LogP contribution in [0.3, 0.4) is 0 Å². The molecule has 0 bridgehead atoms. The van der Waals surface area contributed by atoms with Gasteiger partial charge in [0.15, 0.2) is 0 Å². The van der Waals surface area contributed by atoms with Gasteiger partial charge in [0.25, 0.3) is 0 Å². The third kappa shape index (κ3) is 2.42. The third-order valence-electron chi connectivity index (χ3n) is 4.47. The highest BCUT2D eigenvalue weighted by Crippen LogP contribution is 2.42. The molecule has 0 aromatic heterocycles. The number of fused-ring (bicyclic) bond motifs is 1. The minimum atomic E-state index is -0.286. The Morgan fingerprint density at radius 1 is 1.00 bits per heavy atom. The molecule has 2 aliphatic rings. The second-order valence-electron chi connectivity index (χ2n) is 6.07. The highest BCUT2D eigenvalue weighted by molar-refractivity contribution is 5.40. The molecule has 0 radical (unpaired) electrons. The summed E-state index contributed by atoms with van der Waals surface area (Å²) in [5.41, 5.74) is 9.62. The quantitative estimate of drug-likeness (QED) is 0.895. The first-order valence-electron chi connectivity index (χ1n) is 7.52. The van der Waals surface area contributed by atoms with E-state index in [-0.39, 0.29) is 18.0 Å². The van der Waals surface area contributed by atoms with Gasteiger partial charge in [0, 0.05) is 24.1 Å². The zero-order valence-corrected chi connectivity index (χ0v) is 11.8. The molecule has 21 heavy (non-hydrogen) atoms. The summed E-state index contributed by atoms with van der Waals surface area (Å²) in [6, 6.07) is 13.1. The van der Waals surface area contributed by atoms with Crippen molar-refractivity contribution in [3.8, 4) is 5.75 Å². The first kappa shape index (κ1) is 12.8. The average Bonchev–Trinajstić information content (AvgIpc) is 3.31. The molecule has 2 N–H and O–H groups in total. The first-order chi connectivity index (χ1) is 10.2. The van der Waals surface area contributed by atoms with Gasteiger partial charge in [-0.05, 0) is 36.0 Å². The third-order valence-corrected chi connectivity index (χ3v) is 4.47. The molecule has 4 rings (SSSR count). The fourth-order valence-corrected chi connectivity index (χ4v) is 3.08. The fourth-order valence-electron chi connectivity index (χ4n) is 3.08. The highest BCUT2D eigenvalue weighted by atomic mass is 19.1. The number of rotatable bonds is 2. The Morgan fingerprint density at radius 2 is 1.71 bits per heavy atom. The van der Waals surface area contributed by atoms with Crippen LogP contribution >= 0.6 is 0 Å². The Morgan fingerprint density at radius 3 is 2.43 bits per heavy atom. The lowest BCUT2D eigenvalue weighted by atomic mass is 9.93. The van der Waals surface area contributed by atoms with Crippen LogP contribution in [0, 0.1) is 5.82 Å². The number of halogens is 1. The molecule has 1 heterocycles. The van der Waals surface area contributed by atoms with Gasteiger partial charge < -0.3 is 10.5 Å². The molecule has 1 fully saturated rings. The van der Waals surface area contributed by atoms with Crippen molar-refractivity contribution in [2.24, 2.45) is 5.73 Å². The van der Waals surface area contributed by atoms with E-state index in [1.807, 2.05) is 0 Å². The van der Waals surface area contributed by atoms with Gasteiger partial charge in [0.1, 0.15) is 17.7 Å². The molecule has 1 aliphatic heterocycles. The van der Waals surface area contributed by atoms with Crippen LogP contribution in [0.4, 0.5) is 4.39 Å². The maximum Gasteiger partial charge on any atom is 0.127 e. The van der Waals surface area contributed by atoms with E-state index in [0.29, 0.717) is 5.75 Å². The Bertz CT molecular complexity index is 663. The maximum atomic E-state index is 13.4. The van der Waals surface area contributed by atoms with Crippen LogP contribution in [0.25, 0.3) is 0 Å². The van der Waals surface area contributed by atoms with Crippen LogP contribution in [0.15, 0.2) is 42.5 Å². The van der Waals surface area contributed by atoms with Crippen molar-refractivity contribution >= 4 is 0 Å². The van der Waals surface area contributed by atoms with Crippen molar-refractivity contribution in [3.05, 3.63) is 65.0 Å². The van der Waals surface area contributed by atoms with Crippen LogP contribution in [0.5, 0.6) is 5.75 Å². The first-order valence-corrected chi connectivity index (χ1v) is 7.52. The molecular formula is C18H18FNO. The van der Waals surface area contributed by atoms with Gasteiger partial charge in [-0.25, -0.2) is 4.39 Å². The summed E-state index contributed by atoms with van der Waals surface area (Å²) in [7, 11) is 0. The lowest BCUT2D eigenvalue weighted by Crippen LogP contribution is -2.24. The SMILES string of the molecule is NC1CC(c2ccc(C3CC3)cc2)Oc2cc(F)ccc21. The summed E-state index contributed by atoms with van der Waals surface area (Å²) in [5.74, 6) is 1.04. The molecule has 0 amide bonds. The highest BCUT2D eigenvalue weighted by Gasteiger charge is 2.28. The zero-order chi connectivity index (χ0) is 14.4. The van der Waals surface area contributed by atoms with Gasteiger partial charge in [-0.15, -0.1) is 0 Å². The monoisotopic (exact) mass is 283 g/mol. The summed E-state index contributed by atoms with van der Waals surface area (Å²) < 4.78 is 19.3. The molecule has 1 aliphatic carbocycles. The van der Waals surface area contributed by atoms with E-state index in [0.717, 1.165) is 23.5 Å². The molecule has 1 saturated carbocycles. The molecule has 2 unspecified atom stereocenters. The lowest BCUT2D eigenvalue weighted by Gasteiger charge is -2.30. The van der Waals surface area contributed by atoms with Gasteiger partial charge in [-0.2, -0.15) is 0 Å². The van der Waals surface area contributed by atoms with Gasteiger partial charge >= 0.3 is 0 Å². The van der Waals surface area contributed by atoms with E-state index in [1.54, 1.807) is 6.07 Å². The average molecular weight is 283 g/mol. The zero-order valence-electron chi connectivity index (χ0n) is 11.8. The van der Waals surface area contributed by atoms with E-state index in [2.05, 4.69) is 24.3 Å².